The van der Waals surface area contributed by atoms with Gasteiger partial charge in [-0.05, 0) is 36.8 Å². The third kappa shape index (κ3) is 2.74. The molecular formula is C16H23NO. The molecule has 0 radical (unpaired) electrons. The molecule has 2 heteroatoms. The molecule has 1 aliphatic rings. The quantitative estimate of drug-likeness (QED) is 0.848. The van der Waals surface area contributed by atoms with Gasteiger partial charge in [-0.1, -0.05) is 44.9 Å². The van der Waals surface area contributed by atoms with Gasteiger partial charge in [-0.3, -0.25) is 4.79 Å². The Morgan fingerprint density at radius 3 is 2.67 bits per heavy atom. The number of aryl methyl sites for hydroxylation is 1. The number of rotatable bonds is 2. The second kappa shape index (κ2) is 5.55. The van der Waals surface area contributed by atoms with Gasteiger partial charge in [0.25, 0.3) is 5.91 Å². The molecule has 0 heterocycles. The molecule has 3 atom stereocenters. The Hall–Kier alpha value is -1.31. The van der Waals surface area contributed by atoms with Crippen LogP contribution in [0.4, 0.5) is 0 Å². The van der Waals surface area contributed by atoms with Crippen molar-refractivity contribution in [2.45, 2.75) is 46.1 Å². The zero-order valence-corrected chi connectivity index (χ0v) is 11.6. The summed E-state index contributed by atoms with van der Waals surface area (Å²) in [5.41, 5.74) is 1.86. The molecule has 1 aliphatic carbocycles. The Labute approximate surface area is 110 Å². The van der Waals surface area contributed by atoms with Crippen molar-refractivity contribution in [1.29, 1.82) is 0 Å². The van der Waals surface area contributed by atoms with E-state index in [9.17, 15) is 4.79 Å². The van der Waals surface area contributed by atoms with E-state index in [1.165, 1.54) is 12.8 Å². The number of hydrogen-bond donors (Lipinski definition) is 1. The number of amides is 1. The lowest BCUT2D eigenvalue weighted by Crippen LogP contribution is -2.43. The third-order valence-electron chi connectivity index (χ3n) is 4.41. The summed E-state index contributed by atoms with van der Waals surface area (Å²) in [6.07, 6.45) is 3.63. The standard InChI is InChI=1S/C16H23NO/c1-11-8-6-10-15(13(11)3)17-16(18)14-9-5-4-7-12(14)2/h4-5,7,9,11,13,15H,6,8,10H2,1-3H3,(H,17,18). The Bertz CT molecular complexity index is 427. The Morgan fingerprint density at radius 2 is 1.94 bits per heavy atom. The fourth-order valence-corrected chi connectivity index (χ4v) is 2.86. The van der Waals surface area contributed by atoms with Gasteiger partial charge in [-0.25, -0.2) is 0 Å². The Morgan fingerprint density at radius 1 is 1.22 bits per heavy atom. The summed E-state index contributed by atoms with van der Waals surface area (Å²) in [6, 6.07) is 8.12. The van der Waals surface area contributed by atoms with E-state index in [0.717, 1.165) is 17.5 Å². The first-order valence-corrected chi connectivity index (χ1v) is 6.96. The first kappa shape index (κ1) is 13.1. The fourth-order valence-electron chi connectivity index (χ4n) is 2.86. The van der Waals surface area contributed by atoms with Crippen LogP contribution in [-0.2, 0) is 0 Å². The van der Waals surface area contributed by atoms with Gasteiger partial charge < -0.3 is 5.32 Å². The summed E-state index contributed by atoms with van der Waals surface area (Å²) in [5.74, 6) is 1.37. The van der Waals surface area contributed by atoms with E-state index in [0.29, 0.717) is 17.9 Å². The molecule has 0 aromatic heterocycles. The van der Waals surface area contributed by atoms with Crippen LogP contribution in [0.25, 0.3) is 0 Å². The minimum Gasteiger partial charge on any atom is -0.349 e. The van der Waals surface area contributed by atoms with Crippen molar-refractivity contribution in [1.82, 2.24) is 5.32 Å². The number of carbonyl (C=O) groups is 1. The van der Waals surface area contributed by atoms with Crippen molar-refractivity contribution in [3.63, 3.8) is 0 Å². The minimum atomic E-state index is 0.0825. The summed E-state index contributed by atoms with van der Waals surface area (Å²) in [7, 11) is 0. The van der Waals surface area contributed by atoms with Gasteiger partial charge in [0.2, 0.25) is 0 Å². The van der Waals surface area contributed by atoms with Crippen molar-refractivity contribution in [3.8, 4) is 0 Å². The predicted octanol–water partition coefficient (Wildman–Crippen LogP) is 3.55. The highest BCUT2D eigenvalue weighted by molar-refractivity contribution is 5.95. The second-order valence-electron chi connectivity index (χ2n) is 5.66. The van der Waals surface area contributed by atoms with Crippen LogP contribution in [0.2, 0.25) is 0 Å². The molecule has 0 spiro atoms. The molecule has 0 aliphatic heterocycles. The van der Waals surface area contributed by atoms with Gasteiger partial charge in [0.15, 0.2) is 0 Å². The average Bonchev–Trinajstić information content (AvgIpc) is 2.35. The molecule has 98 valence electrons. The maximum Gasteiger partial charge on any atom is 0.251 e. The summed E-state index contributed by atoms with van der Waals surface area (Å²) in [5, 5.41) is 3.22. The summed E-state index contributed by atoms with van der Waals surface area (Å²) in [4.78, 5) is 12.3. The molecular weight excluding hydrogens is 222 g/mol. The topological polar surface area (TPSA) is 29.1 Å². The van der Waals surface area contributed by atoms with Gasteiger partial charge >= 0.3 is 0 Å². The highest BCUT2D eigenvalue weighted by atomic mass is 16.1. The molecule has 0 saturated heterocycles. The van der Waals surface area contributed by atoms with Crippen LogP contribution in [0, 0.1) is 18.8 Å². The molecule has 18 heavy (non-hydrogen) atoms. The molecule has 1 aromatic carbocycles. The monoisotopic (exact) mass is 245 g/mol. The predicted molar refractivity (Wildman–Crippen MR) is 74.6 cm³/mol. The molecule has 2 nitrogen and oxygen atoms in total. The van der Waals surface area contributed by atoms with Gasteiger partial charge in [-0.15, -0.1) is 0 Å². The molecule has 2 rings (SSSR count). The van der Waals surface area contributed by atoms with Gasteiger partial charge in [-0.2, -0.15) is 0 Å². The van der Waals surface area contributed by atoms with Crippen molar-refractivity contribution in [2.24, 2.45) is 11.8 Å². The SMILES string of the molecule is Cc1ccccc1C(=O)NC1CCCC(C)C1C. The van der Waals surface area contributed by atoms with Gasteiger partial charge in [0.1, 0.15) is 0 Å². The smallest absolute Gasteiger partial charge is 0.251 e. The molecule has 1 fully saturated rings. The first-order chi connectivity index (χ1) is 8.59. The lowest BCUT2D eigenvalue weighted by Gasteiger charge is -2.34. The van der Waals surface area contributed by atoms with Crippen molar-refractivity contribution in [3.05, 3.63) is 35.4 Å². The van der Waals surface area contributed by atoms with E-state index in [1.807, 2.05) is 31.2 Å². The van der Waals surface area contributed by atoms with Crippen molar-refractivity contribution < 1.29 is 4.79 Å². The Balaban J connectivity index is 2.05. The summed E-state index contributed by atoms with van der Waals surface area (Å²) < 4.78 is 0. The Kier molecular flexibility index (Phi) is 4.05. The van der Waals surface area contributed by atoms with Crippen LogP contribution in [0.3, 0.4) is 0 Å². The number of carbonyl (C=O) groups excluding carboxylic acids is 1. The molecule has 0 bridgehead atoms. The number of benzene rings is 1. The molecule has 1 amide bonds. The van der Waals surface area contributed by atoms with E-state index in [2.05, 4.69) is 19.2 Å². The lowest BCUT2D eigenvalue weighted by molar-refractivity contribution is 0.0890. The molecule has 1 saturated carbocycles. The third-order valence-corrected chi connectivity index (χ3v) is 4.41. The zero-order valence-electron chi connectivity index (χ0n) is 11.6. The molecule has 3 unspecified atom stereocenters. The normalized spacial score (nSPS) is 27.8. The van der Waals surface area contributed by atoms with Gasteiger partial charge in [0.05, 0.1) is 0 Å². The fraction of sp³-hybridized carbons (Fsp3) is 0.562. The number of hydrogen-bond acceptors (Lipinski definition) is 1. The highest BCUT2D eigenvalue weighted by Crippen LogP contribution is 2.29. The molecule has 1 aromatic rings. The highest BCUT2D eigenvalue weighted by Gasteiger charge is 2.28. The van der Waals surface area contributed by atoms with Crippen LogP contribution in [0.5, 0.6) is 0 Å². The number of nitrogens with one attached hydrogen (secondary N) is 1. The molecule has 1 N–H and O–H groups in total. The van der Waals surface area contributed by atoms with E-state index < -0.39 is 0 Å². The first-order valence-electron chi connectivity index (χ1n) is 6.96. The summed E-state index contributed by atoms with van der Waals surface area (Å²) in [6.45, 7) is 6.53. The van der Waals surface area contributed by atoms with Crippen LogP contribution in [-0.4, -0.2) is 11.9 Å². The van der Waals surface area contributed by atoms with Crippen LogP contribution in [0.15, 0.2) is 24.3 Å². The van der Waals surface area contributed by atoms with E-state index in [1.54, 1.807) is 0 Å². The maximum atomic E-state index is 12.3. The van der Waals surface area contributed by atoms with Crippen molar-refractivity contribution in [2.75, 3.05) is 0 Å². The van der Waals surface area contributed by atoms with Crippen molar-refractivity contribution >= 4 is 5.91 Å². The second-order valence-corrected chi connectivity index (χ2v) is 5.66. The lowest BCUT2D eigenvalue weighted by atomic mass is 9.78. The van der Waals surface area contributed by atoms with Gasteiger partial charge in [0, 0.05) is 11.6 Å². The van der Waals surface area contributed by atoms with E-state index >= 15 is 0 Å². The van der Waals surface area contributed by atoms with E-state index in [4.69, 9.17) is 0 Å². The minimum absolute atomic E-state index is 0.0825. The van der Waals surface area contributed by atoms with Crippen LogP contribution in [0.1, 0.15) is 49.0 Å². The zero-order chi connectivity index (χ0) is 13.1. The van der Waals surface area contributed by atoms with E-state index in [-0.39, 0.29) is 5.91 Å². The van der Waals surface area contributed by atoms with Crippen LogP contribution < -0.4 is 5.32 Å². The maximum absolute atomic E-state index is 12.3. The largest absolute Gasteiger partial charge is 0.349 e. The van der Waals surface area contributed by atoms with Crippen LogP contribution >= 0.6 is 0 Å². The summed E-state index contributed by atoms with van der Waals surface area (Å²) >= 11 is 0. The average molecular weight is 245 g/mol.